The van der Waals surface area contributed by atoms with Crippen LogP contribution in [0.3, 0.4) is 0 Å². The monoisotopic (exact) mass is 501 g/mol. The zero-order valence-corrected chi connectivity index (χ0v) is 21.0. The van der Waals surface area contributed by atoms with Crippen LogP contribution in [0.1, 0.15) is 48.6 Å². The van der Waals surface area contributed by atoms with E-state index >= 15 is 0 Å². The number of halogens is 1. The number of ether oxygens (including phenoxy) is 1. The summed E-state index contributed by atoms with van der Waals surface area (Å²) in [4.78, 5) is 26.2. The highest BCUT2D eigenvalue weighted by Crippen LogP contribution is 2.37. The van der Waals surface area contributed by atoms with Crippen LogP contribution in [0.25, 0.3) is 17.8 Å². The van der Waals surface area contributed by atoms with Crippen molar-refractivity contribution in [2.45, 2.75) is 38.9 Å². The molecule has 35 heavy (non-hydrogen) atoms. The second kappa shape index (κ2) is 9.63. The van der Waals surface area contributed by atoms with Crippen molar-refractivity contribution in [3.05, 3.63) is 91.0 Å². The van der Waals surface area contributed by atoms with Crippen molar-refractivity contribution in [3.8, 4) is 11.4 Å². The molecule has 0 aliphatic rings. The molecule has 0 saturated heterocycles. The minimum atomic E-state index is -3.87. The largest absolute Gasteiger partial charge is 0.496 e. The molecule has 0 amide bonds. The number of aromatic nitrogens is 2. The number of rotatable bonds is 6. The third kappa shape index (κ3) is 6.14. The number of aryl methyl sites for hydroxylation is 1. The zero-order chi connectivity index (χ0) is 26.1. The van der Waals surface area contributed by atoms with Gasteiger partial charge in [-0.3, -0.25) is 14.3 Å². The molecule has 1 heterocycles. The minimum Gasteiger partial charge on any atom is -0.496 e. The van der Waals surface area contributed by atoms with E-state index in [1.165, 1.54) is 29.0 Å². The molecule has 2 aromatic carbocycles. The molecule has 186 valence electrons. The Morgan fingerprint density at radius 1 is 1.11 bits per heavy atom. The normalized spacial score (nSPS) is 12.3. The first-order valence-corrected chi connectivity index (χ1v) is 12.4. The highest BCUT2D eigenvalue weighted by atomic mass is 32.2. The zero-order valence-electron chi connectivity index (χ0n) is 20.2. The van der Waals surface area contributed by atoms with Gasteiger partial charge in [0.25, 0.3) is 5.56 Å². The van der Waals surface area contributed by atoms with E-state index in [4.69, 9.17) is 9.88 Å². The SMILES string of the molecule is COc1c(/C=C/c2cc(F)c(CS(N)(=O)=O)cc2C)cc(-n2ccc(=O)[nH]c2=O)cc1C(C)(C)C. The van der Waals surface area contributed by atoms with E-state index in [1.54, 1.807) is 32.3 Å². The first-order chi connectivity index (χ1) is 16.2. The fraction of sp³-hybridized carbons (Fsp3) is 0.280. The van der Waals surface area contributed by atoms with Crippen LogP contribution in [-0.2, 0) is 21.2 Å². The lowest BCUT2D eigenvalue weighted by molar-refractivity contribution is 0.396. The van der Waals surface area contributed by atoms with Crippen molar-refractivity contribution in [3.63, 3.8) is 0 Å². The second-order valence-electron chi connectivity index (χ2n) is 9.29. The smallest absolute Gasteiger partial charge is 0.332 e. The van der Waals surface area contributed by atoms with Gasteiger partial charge in [-0.05, 0) is 41.7 Å². The Hall–Kier alpha value is -3.50. The molecule has 3 aromatic rings. The Balaban J connectivity index is 2.18. The van der Waals surface area contributed by atoms with Crippen molar-refractivity contribution < 1.29 is 17.5 Å². The topological polar surface area (TPSA) is 124 Å². The number of nitrogens with one attached hydrogen (secondary N) is 1. The van der Waals surface area contributed by atoms with Gasteiger partial charge in [0.2, 0.25) is 10.0 Å². The van der Waals surface area contributed by atoms with E-state index in [-0.39, 0.29) is 11.0 Å². The third-order valence-corrected chi connectivity index (χ3v) is 6.16. The van der Waals surface area contributed by atoms with Gasteiger partial charge in [0.1, 0.15) is 11.6 Å². The van der Waals surface area contributed by atoms with Gasteiger partial charge in [-0.15, -0.1) is 0 Å². The summed E-state index contributed by atoms with van der Waals surface area (Å²) in [5.41, 5.74) is 1.71. The predicted octanol–water partition coefficient (Wildman–Crippen LogP) is 3.24. The molecule has 3 rings (SSSR count). The molecule has 0 aliphatic heterocycles. The molecular formula is C25H28FN3O5S. The van der Waals surface area contributed by atoms with Gasteiger partial charge in [0.05, 0.1) is 18.6 Å². The molecular weight excluding hydrogens is 473 g/mol. The van der Waals surface area contributed by atoms with Crippen molar-refractivity contribution in [1.29, 1.82) is 0 Å². The number of aromatic amines is 1. The summed E-state index contributed by atoms with van der Waals surface area (Å²) in [6.45, 7) is 7.74. The molecule has 0 bridgehead atoms. The Bertz CT molecular complexity index is 1530. The lowest BCUT2D eigenvalue weighted by atomic mass is 9.84. The van der Waals surface area contributed by atoms with E-state index in [2.05, 4.69) is 4.98 Å². The number of benzene rings is 2. The van der Waals surface area contributed by atoms with Gasteiger partial charge in [-0.1, -0.05) is 39.0 Å². The molecule has 0 atom stereocenters. The molecule has 3 N–H and O–H groups in total. The van der Waals surface area contributed by atoms with Crippen LogP contribution >= 0.6 is 0 Å². The number of hydrogen-bond acceptors (Lipinski definition) is 5. The maximum Gasteiger partial charge on any atom is 0.332 e. The van der Waals surface area contributed by atoms with Crippen LogP contribution in [-0.4, -0.2) is 25.1 Å². The highest BCUT2D eigenvalue weighted by Gasteiger charge is 2.22. The van der Waals surface area contributed by atoms with Crippen molar-refractivity contribution >= 4 is 22.2 Å². The summed E-state index contributed by atoms with van der Waals surface area (Å²) in [7, 11) is -2.33. The highest BCUT2D eigenvalue weighted by molar-refractivity contribution is 7.88. The van der Waals surface area contributed by atoms with E-state index in [9.17, 15) is 22.4 Å². The van der Waals surface area contributed by atoms with Gasteiger partial charge in [0, 0.05) is 29.0 Å². The number of H-pyrrole nitrogens is 1. The maximum absolute atomic E-state index is 14.6. The minimum absolute atomic E-state index is 0.00538. The molecule has 0 radical (unpaired) electrons. The van der Waals surface area contributed by atoms with Gasteiger partial charge in [-0.25, -0.2) is 22.7 Å². The predicted molar refractivity (Wildman–Crippen MR) is 135 cm³/mol. The molecule has 0 saturated carbocycles. The molecule has 0 unspecified atom stereocenters. The standard InChI is InChI=1S/C25H28FN3O5S/c1-15-10-18(14-35(27,32)33)21(26)12-16(15)6-7-17-11-19(29-9-8-22(30)28-24(29)31)13-20(23(17)34-5)25(2,3)4/h6-13H,14H2,1-5H3,(H2,27,32,33)(H,28,30,31)/b7-6+. The van der Waals surface area contributed by atoms with Crippen LogP contribution in [0.4, 0.5) is 4.39 Å². The summed E-state index contributed by atoms with van der Waals surface area (Å²) in [5, 5.41) is 5.06. The van der Waals surface area contributed by atoms with Crippen molar-refractivity contribution in [2.24, 2.45) is 5.14 Å². The van der Waals surface area contributed by atoms with Crippen molar-refractivity contribution in [1.82, 2.24) is 9.55 Å². The lowest BCUT2D eigenvalue weighted by Gasteiger charge is -2.25. The number of sulfonamides is 1. The number of nitrogens with two attached hydrogens (primary N) is 1. The summed E-state index contributed by atoms with van der Waals surface area (Å²) in [6, 6.07) is 7.51. The molecule has 0 spiro atoms. The average Bonchev–Trinajstić information content (AvgIpc) is 2.72. The van der Waals surface area contributed by atoms with Gasteiger partial charge in [-0.2, -0.15) is 0 Å². The fourth-order valence-electron chi connectivity index (χ4n) is 3.75. The van der Waals surface area contributed by atoms with Crippen LogP contribution in [0.15, 0.2) is 46.1 Å². The first-order valence-electron chi connectivity index (χ1n) is 10.7. The summed E-state index contributed by atoms with van der Waals surface area (Å²) < 4.78 is 44.3. The van der Waals surface area contributed by atoms with Crippen LogP contribution in [0.5, 0.6) is 5.75 Å². The first kappa shape index (κ1) is 26.1. The Kier molecular flexibility index (Phi) is 7.18. The van der Waals surface area contributed by atoms with Crippen LogP contribution in [0, 0.1) is 12.7 Å². The number of hydrogen-bond donors (Lipinski definition) is 2. The third-order valence-electron chi connectivity index (χ3n) is 5.45. The van der Waals surface area contributed by atoms with Crippen molar-refractivity contribution in [2.75, 3.05) is 7.11 Å². The van der Waals surface area contributed by atoms with E-state index in [1.807, 2.05) is 26.8 Å². The Labute approximate surface area is 202 Å². The van der Waals surface area contributed by atoms with Gasteiger partial charge in [0.15, 0.2) is 0 Å². The Morgan fingerprint density at radius 2 is 1.77 bits per heavy atom. The molecule has 0 aliphatic carbocycles. The van der Waals surface area contributed by atoms with E-state index in [0.717, 1.165) is 5.56 Å². The van der Waals surface area contributed by atoms with Crippen LogP contribution < -0.4 is 21.1 Å². The Morgan fingerprint density at radius 3 is 2.34 bits per heavy atom. The molecule has 0 fully saturated rings. The second-order valence-corrected chi connectivity index (χ2v) is 10.9. The molecule has 10 heteroatoms. The fourth-order valence-corrected chi connectivity index (χ4v) is 4.40. The average molecular weight is 502 g/mol. The van der Waals surface area contributed by atoms with Gasteiger partial charge < -0.3 is 4.74 Å². The lowest BCUT2D eigenvalue weighted by Crippen LogP contribution is -2.28. The quantitative estimate of drug-likeness (QED) is 0.502. The van der Waals surface area contributed by atoms with E-state index < -0.39 is 32.8 Å². The maximum atomic E-state index is 14.6. The van der Waals surface area contributed by atoms with Gasteiger partial charge >= 0.3 is 5.69 Å². The van der Waals surface area contributed by atoms with E-state index in [0.29, 0.717) is 28.1 Å². The number of nitrogens with zero attached hydrogens (tertiary/aromatic N) is 1. The number of methoxy groups -OCH3 is 1. The van der Waals surface area contributed by atoms with Crippen LogP contribution in [0.2, 0.25) is 0 Å². The summed E-state index contributed by atoms with van der Waals surface area (Å²) in [5.74, 6) is -0.693. The number of primary sulfonamides is 1. The summed E-state index contributed by atoms with van der Waals surface area (Å²) >= 11 is 0. The molecule has 8 nitrogen and oxygen atoms in total. The summed E-state index contributed by atoms with van der Waals surface area (Å²) in [6.07, 6.45) is 4.81. The molecule has 1 aromatic heterocycles.